The van der Waals surface area contributed by atoms with Crippen LogP contribution in [0.25, 0.3) is 0 Å². The lowest BCUT2D eigenvalue weighted by Gasteiger charge is -2.25. The molecule has 2 aromatic rings. The lowest BCUT2D eigenvalue weighted by atomic mass is 10.2. The number of pyridine rings is 1. The third kappa shape index (κ3) is 2.92. The van der Waals surface area contributed by atoms with Crippen LogP contribution in [0.4, 0.5) is 17.2 Å². The Labute approximate surface area is 136 Å². The van der Waals surface area contributed by atoms with Gasteiger partial charge in [-0.05, 0) is 43.8 Å². The summed E-state index contributed by atoms with van der Waals surface area (Å²) in [4.78, 5) is 21.1. The maximum atomic E-state index is 12.8. The van der Waals surface area contributed by atoms with Crippen LogP contribution in [-0.4, -0.2) is 37.6 Å². The number of hydrogen-bond acceptors (Lipinski definition) is 4. The molecule has 0 spiro atoms. The minimum absolute atomic E-state index is 0.0188. The molecular weight excluding hydrogens is 288 g/mol. The van der Waals surface area contributed by atoms with Gasteiger partial charge in [0.25, 0.3) is 5.91 Å². The molecule has 0 unspecified atom stereocenters. The normalized spacial score (nSPS) is 13.6. The highest BCUT2D eigenvalue weighted by atomic mass is 16.2. The zero-order valence-corrected chi connectivity index (χ0v) is 13.6. The van der Waals surface area contributed by atoms with E-state index in [-0.39, 0.29) is 5.91 Å². The molecule has 0 saturated carbocycles. The maximum absolute atomic E-state index is 12.8. The van der Waals surface area contributed by atoms with Crippen LogP contribution in [0.15, 0.2) is 42.6 Å². The van der Waals surface area contributed by atoms with Crippen LogP contribution in [-0.2, 0) is 0 Å². The average molecular weight is 310 g/mol. The number of hydrogen-bond donors (Lipinski definition) is 1. The molecule has 0 bridgehead atoms. The van der Waals surface area contributed by atoms with E-state index in [1.54, 1.807) is 11.1 Å². The summed E-state index contributed by atoms with van der Waals surface area (Å²) in [5, 5.41) is 3.34. The predicted molar refractivity (Wildman–Crippen MR) is 93.6 cm³/mol. The average Bonchev–Trinajstić information content (AvgIpc) is 2.68. The molecule has 2 heterocycles. The van der Waals surface area contributed by atoms with Crippen LogP contribution in [0.1, 0.15) is 23.7 Å². The summed E-state index contributed by atoms with van der Waals surface area (Å²) < 4.78 is 0. The summed E-state index contributed by atoms with van der Waals surface area (Å²) in [6, 6.07) is 11.7. The number of nitrogens with one attached hydrogen (secondary N) is 1. The third-order valence-corrected chi connectivity index (χ3v) is 4.10. The minimum Gasteiger partial charge on any atom is -0.324 e. The lowest BCUT2D eigenvalue weighted by molar-refractivity contribution is 0.0994. The Morgan fingerprint density at radius 2 is 1.91 bits per heavy atom. The van der Waals surface area contributed by atoms with Crippen LogP contribution >= 0.6 is 0 Å². The van der Waals surface area contributed by atoms with E-state index < -0.39 is 0 Å². The monoisotopic (exact) mass is 310 g/mol. The molecule has 0 aliphatic carbocycles. The molecule has 5 nitrogen and oxygen atoms in total. The number of rotatable bonds is 5. The zero-order valence-electron chi connectivity index (χ0n) is 13.6. The minimum atomic E-state index is -0.0188. The van der Waals surface area contributed by atoms with Crippen molar-refractivity contribution in [1.29, 1.82) is 0 Å². The van der Waals surface area contributed by atoms with Crippen LogP contribution in [0, 0.1) is 0 Å². The van der Waals surface area contributed by atoms with Crippen molar-refractivity contribution in [3.63, 3.8) is 0 Å². The highest BCUT2D eigenvalue weighted by Crippen LogP contribution is 2.38. The van der Waals surface area contributed by atoms with Gasteiger partial charge in [-0.25, -0.2) is 4.98 Å². The Hall–Kier alpha value is -2.40. The highest BCUT2D eigenvalue weighted by molar-refractivity contribution is 6.12. The van der Waals surface area contributed by atoms with Gasteiger partial charge in [-0.2, -0.15) is 0 Å². The second kappa shape index (κ2) is 6.79. The van der Waals surface area contributed by atoms with Crippen molar-refractivity contribution in [2.24, 2.45) is 0 Å². The van der Waals surface area contributed by atoms with Gasteiger partial charge >= 0.3 is 0 Å². The Morgan fingerprint density at radius 3 is 2.70 bits per heavy atom. The van der Waals surface area contributed by atoms with E-state index >= 15 is 0 Å². The second-order valence-corrected chi connectivity index (χ2v) is 5.59. The molecule has 1 aromatic heterocycles. The molecule has 0 saturated heterocycles. The quantitative estimate of drug-likeness (QED) is 0.863. The van der Waals surface area contributed by atoms with Crippen molar-refractivity contribution in [3.8, 4) is 0 Å². The SMILES string of the molecule is CCNCCCN1c2ccccc2N(C)C(=O)c2cccnc21. The zero-order chi connectivity index (χ0) is 16.2. The van der Waals surface area contributed by atoms with Crippen molar-refractivity contribution in [2.45, 2.75) is 13.3 Å². The summed E-state index contributed by atoms with van der Waals surface area (Å²) in [5.41, 5.74) is 2.59. The molecule has 0 fully saturated rings. The van der Waals surface area contributed by atoms with Crippen molar-refractivity contribution >= 4 is 23.1 Å². The van der Waals surface area contributed by atoms with E-state index in [9.17, 15) is 4.79 Å². The van der Waals surface area contributed by atoms with E-state index in [2.05, 4.69) is 28.2 Å². The molecule has 1 amide bonds. The van der Waals surface area contributed by atoms with Gasteiger partial charge in [0, 0.05) is 19.8 Å². The second-order valence-electron chi connectivity index (χ2n) is 5.59. The van der Waals surface area contributed by atoms with Gasteiger partial charge < -0.3 is 15.1 Å². The summed E-state index contributed by atoms with van der Waals surface area (Å²) in [6.07, 6.45) is 2.73. The molecular formula is C18H22N4O. The fourth-order valence-corrected chi connectivity index (χ4v) is 2.92. The number of para-hydroxylation sites is 2. The molecule has 3 rings (SSSR count). The largest absolute Gasteiger partial charge is 0.324 e. The highest BCUT2D eigenvalue weighted by Gasteiger charge is 2.29. The Balaban J connectivity index is 2.04. The Kier molecular flexibility index (Phi) is 4.57. The van der Waals surface area contributed by atoms with Crippen molar-refractivity contribution in [2.75, 3.05) is 36.5 Å². The van der Waals surface area contributed by atoms with Gasteiger partial charge in [0.2, 0.25) is 0 Å². The number of carbonyl (C=O) groups excluding carboxylic acids is 1. The molecule has 1 aliphatic heterocycles. The van der Waals surface area contributed by atoms with Crippen molar-refractivity contribution in [1.82, 2.24) is 10.3 Å². The van der Waals surface area contributed by atoms with Crippen LogP contribution < -0.4 is 15.1 Å². The Bertz CT molecular complexity index is 701. The van der Waals surface area contributed by atoms with Crippen LogP contribution in [0.3, 0.4) is 0 Å². The topological polar surface area (TPSA) is 48.5 Å². The summed E-state index contributed by atoms with van der Waals surface area (Å²) >= 11 is 0. The molecule has 23 heavy (non-hydrogen) atoms. The van der Waals surface area contributed by atoms with Crippen LogP contribution in [0.5, 0.6) is 0 Å². The molecule has 5 heteroatoms. The van der Waals surface area contributed by atoms with E-state index in [4.69, 9.17) is 0 Å². The van der Waals surface area contributed by atoms with E-state index in [0.717, 1.165) is 43.2 Å². The van der Waals surface area contributed by atoms with E-state index in [0.29, 0.717) is 5.56 Å². The van der Waals surface area contributed by atoms with Gasteiger partial charge in [0.1, 0.15) is 5.82 Å². The van der Waals surface area contributed by atoms with Crippen molar-refractivity contribution in [3.05, 3.63) is 48.2 Å². The number of nitrogens with zero attached hydrogens (tertiary/aromatic N) is 3. The van der Waals surface area contributed by atoms with Gasteiger partial charge in [-0.15, -0.1) is 0 Å². The number of anilines is 3. The fourth-order valence-electron chi connectivity index (χ4n) is 2.92. The maximum Gasteiger partial charge on any atom is 0.261 e. The van der Waals surface area contributed by atoms with Gasteiger partial charge in [-0.1, -0.05) is 19.1 Å². The first-order valence-electron chi connectivity index (χ1n) is 8.04. The molecule has 120 valence electrons. The molecule has 1 N–H and O–H groups in total. The van der Waals surface area contributed by atoms with Gasteiger partial charge in [-0.3, -0.25) is 4.79 Å². The predicted octanol–water partition coefficient (Wildman–Crippen LogP) is 2.81. The third-order valence-electron chi connectivity index (χ3n) is 4.10. The van der Waals surface area contributed by atoms with Crippen molar-refractivity contribution < 1.29 is 4.79 Å². The Morgan fingerprint density at radius 1 is 1.13 bits per heavy atom. The summed E-state index contributed by atoms with van der Waals surface area (Å²) in [6.45, 7) is 4.83. The number of fused-ring (bicyclic) bond motifs is 2. The van der Waals surface area contributed by atoms with Gasteiger partial charge in [0.05, 0.1) is 16.9 Å². The molecule has 0 radical (unpaired) electrons. The van der Waals surface area contributed by atoms with E-state index in [1.165, 1.54) is 0 Å². The number of amides is 1. The number of benzene rings is 1. The first-order chi connectivity index (χ1) is 11.2. The fraction of sp³-hybridized carbons (Fsp3) is 0.333. The molecule has 0 atom stereocenters. The standard InChI is InChI=1S/C18H22N4O/c1-3-19-11-7-13-22-16-10-5-4-9-15(16)21(2)18(23)14-8-6-12-20-17(14)22/h4-6,8-10,12,19H,3,7,11,13H2,1-2H3. The lowest BCUT2D eigenvalue weighted by Crippen LogP contribution is -2.25. The number of carbonyl (C=O) groups is 1. The number of aromatic nitrogens is 1. The molecule has 1 aromatic carbocycles. The first-order valence-corrected chi connectivity index (χ1v) is 8.04. The van der Waals surface area contributed by atoms with Crippen LogP contribution in [0.2, 0.25) is 0 Å². The van der Waals surface area contributed by atoms with E-state index in [1.807, 2.05) is 37.4 Å². The van der Waals surface area contributed by atoms with Gasteiger partial charge in [0.15, 0.2) is 0 Å². The first kappa shape index (κ1) is 15.5. The summed E-state index contributed by atoms with van der Waals surface area (Å²) in [7, 11) is 1.82. The summed E-state index contributed by atoms with van der Waals surface area (Å²) in [5.74, 6) is 0.723. The molecule has 1 aliphatic rings. The smallest absolute Gasteiger partial charge is 0.261 e.